The van der Waals surface area contributed by atoms with E-state index in [2.05, 4.69) is 25.1 Å². The SMILES string of the molecule is Cc1nnsc1C(=O)Nc1nnc(C2CC(=O)N(c3ccccc3)C2)o1. The summed E-state index contributed by atoms with van der Waals surface area (Å²) in [7, 11) is 0. The predicted octanol–water partition coefficient (Wildman–Crippen LogP) is 2.00. The van der Waals surface area contributed by atoms with Gasteiger partial charge in [0.15, 0.2) is 0 Å². The lowest BCUT2D eigenvalue weighted by Crippen LogP contribution is -2.24. The third-order valence-corrected chi connectivity index (χ3v) is 4.89. The molecule has 1 saturated heterocycles. The van der Waals surface area contributed by atoms with Crippen LogP contribution in [0.4, 0.5) is 11.7 Å². The average Bonchev–Trinajstić information content (AvgIpc) is 3.35. The third kappa shape index (κ3) is 3.06. The number of carbonyl (C=O) groups excluding carboxylic acids is 2. The lowest BCUT2D eigenvalue weighted by molar-refractivity contribution is -0.117. The number of nitrogens with one attached hydrogen (secondary N) is 1. The molecular weight excluding hydrogens is 356 g/mol. The molecule has 1 fully saturated rings. The second-order valence-corrected chi connectivity index (χ2v) is 6.58. The first-order valence-corrected chi connectivity index (χ1v) is 8.68. The van der Waals surface area contributed by atoms with Crippen molar-refractivity contribution in [3.05, 3.63) is 46.8 Å². The summed E-state index contributed by atoms with van der Waals surface area (Å²) in [4.78, 5) is 26.5. The van der Waals surface area contributed by atoms with Gasteiger partial charge in [-0.15, -0.1) is 10.2 Å². The molecular formula is C16H14N6O3S. The molecule has 1 aliphatic heterocycles. The smallest absolute Gasteiger partial charge is 0.322 e. The molecule has 0 bridgehead atoms. The van der Waals surface area contributed by atoms with Gasteiger partial charge in [0.05, 0.1) is 11.6 Å². The highest BCUT2D eigenvalue weighted by Crippen LogP contribution is 2.31. The molecule has 1 aromatic carbocycles. The Kier molecular flexibility index (Phi) is 4.17. The number of nitrogens with zero attached hydrogens (tertiary/aromatic N) is 5. The number of aromatic nitrogens is 4. The van der Waals surface area contributed by atoms with Crippen LogP contribution in [0.5, 0.6) is 0 Å². The van der Waals surface area contributed by atoms with E-state index in [9.17, 15) is 9.59 Å². The number of para-hydroxylation sites is 1. The Bertz CT molecular complexity index is 954. The van der Waals surface area contributed by atoms with Crippen molar-refractivity contribution >= 4 is 35.0 Å². The minimum atomic E-state index is -0.402. The number of aryl methyl sites for hydroxylation is 1. The van der Waals surface area contributed by atoms with Crippen LogP contribution < -0.4 is 10.2 Å². The number of benzene rings is 1. The number of hydrogen-bond donors (Lipinski definition) is 1. The number of amides is 2. The molecule has 132 valence electrons. The number of hydrogen-bond acceptors (Lipinski definition) is 8. The van der Waals surface area contributed by atoms with E-state index >= 15 is 0 Å². The van der Waals surface area contributed by atoms with E-state index in [1.54, 1.807) is 11.8 Å². The zero-order valence-electron chi connectivity index (χ0n) is 13.7. The number of rotatable bonds is 4. The van der Waals surface area contributed by atoms with Crippen LogP contribution in [-0.2, 0) is 4.79 Å². The minimum absolute atomic E-state index is 0.00338. The summed E-state index contributed by atoms with van der Waals surface area (Å²) in [5.41, 5.74) is 1.37. The van der Waals surface area contributed by atoms with Crippen molar-refractivity contribution in [1.82, 2.24) is 19.8 Å². The Hall–Kier alpha value is -3.14. The van der Waals surface area contributed by atoms with Gasteiger partial charge in [0.1, 0.15) is 4.88 Å². The maximum absolute atomic E-state index is 12.3. The van der Waals surface area contributed by atoms with Crippen molar-refractivity contribution in [3.63, 3.8) is 0 Å². The predicted molar refractivity (Wildman–Crippen MR) is 93.1 cm³/mol. The highest BCUT2D eigenvalue weighted by atomic mass is 32.1. The molecule has 1 atom stereocenters. The van der Waals surface area contributed by atoms with Crippen LogP contribution in [0.2, 0.25) is 0 Å². The summed E-state index contributed by atoms with van der Waals surface area (Å²) < 4.78 is 9.26. The first kappa shape index (κ1) is 16.3. The molecule has 26 heavy (non-hydrogen) atoms. The summed E-state index contributed by atoms with van der Waals surface area (Å²) in [6.07, 6.45) is 0.280. The Morgan fingerprint density at radius 2 is 2.08 bits per heavy atom. The standard InChI is InChI=1S/C16H14N6O3S/c1-9-13(26-21-18-9)14(24)17-16-20-19-15(25-16)10-7-12(23)22(8-10)11-5-3-2-4-6-11/h2-6,10H,7-8H2,1H3,(H,17,20,24). The highest BCUT2D eigenvalue weighted by molar-refractivity contribution is 7.08. The molecule has 1 unspecified atom stereocenters. The lowest BCUT2D eigenvalue weighted by Gasteiger charge is -2.15. The molecule has 1 N–H and O–H groups in total. The zero-order chi connectivity index (χ0) is 18.1. The first-order valence-electron chi connectivity index (χ1n) is 7.91. The Morgan fingerprint density at radius 3 is 2.81 bits per heavy atom. The summed E-state index contributed by atoms with van der Waals surface area (Å²) in [6.45, 7) is 2.15. The van der Waals surface area contributed by atoms with Crippen LogP contribution in [0.1, 0.15) is 33.6 Å². The monoisotopic (exact) mass is 370 g/mol. The van der Waals surface area contributed by atoms with Gasteiger partial charge in [-0.1, -0.05) is 27.8 Å². The summed E-state index contributed by atoms with van der Waals surface area (Å²) in [6, 6.07) is 9.41. The molecule has 4 rings (SSSR count). The van der Waals surface area contributed by atoms with Crippen LogP contribution in [-0.4, -0.2) is 38.1 Å². The minimum Gasteiger partial charge on any atom is -0.407 e. The van der Waals surface area contributed by atoms with Crippen LogP contribution in [0, 0.1) is 6.92 Å². The van der Waals surface area contributed by atoms with Gasteiger partial charge in [-0.05, 0) is 30.6 Å². The van der Waals surface area contributed by atoms with Crippen molar-refractivity contribution in [2.75, 3.05) is 16.8 Å². The van der Waals surface area contributed by atoms with E-state index < -0.39 is 5.91 Å². The van der Waals surface area contributed by atoms with Crippen molar-refractivity contribution in [1.29, 1.82) is 0 Å². The molecule has 0 saturated carbocycles. The third-order valence-electron chi connectivity index (χ3n) is 4.06. The summed E-state index contributed by atoms with van der Waals surface area (Å²) in [5.74, 6) is -0.295. The number of anilines is 2. The molecule has 10 heteroatoms. The van der Waals surface area contributed by atoms with Crippen LogP contribution in [0.3, 0.4) is 0 Å². The van der Waals surface area contributed by atoms with Crippen molar-refractivity contribution in [2.45, 2.75) is 19.3 Å². The first-order chi connectivity index (χ1) is 12.6. The second kappa shape index (κ2) is 6.64. The topological polar surface area (TPSA) is 114 Å². The molecule has 1 aliphatic rings. The molecule has 0 radical (unpaired) electrons. The quantitative estimate of drug-likeness (QED) is 0.747. The molecule has 2 amide bonds. The van der Waals surface area contributed by atoms with Crippen LogP contribution in [0.15, 0.2) is 34.7 Å². The van der Waals surface area contributed by atoms with Gasteiger partial charge in [0, 0.05) is 18.7 Å². The molecule has 0 aliphatic carbocycles. The summed E-state index contributed by atoms with van der Waals surface area (Å²) in [5, 5.41) is 14.2. The fourth-order valence-electron chi connectivity index (χ4n) is 2.77. The van der Waals surface area contributed by atoms with Crippen molar-refractivity contribution < 1.29 is 14.0 Å². The maximum Gasteiger partial charge on any atom is 0.322 e. The Balaban J connectivity index is 1.46. The fraction of sp³-hybridized carbons (Fsp3) is 0.250. The van der Waals surface area contributed by atoms with Crippen LogP contribution >= 0.6 is 11.5 Å². The van der Waals surface area contributed by atoms with E-state index in [1.165, 1.54) is 0 Å². The van der Waals surface area contributed by atoms with Crippen molar-refractivity contribution in [2.24, 2.45) is 0 Å². The van der Waals surface area contributed by atoms with E-state index in [0.29, 0.717) is 23.0 Å². The van der Waals surface area contributed by atoms with Gasteiger partial charge in [-0.25, -0.2) is 0 Å². The molecule has 9 nitrogen and oxygen atoms in total. The molecule has 3 heterocycles. The van der Waals surface area contributed by atoms with E-state index in [4.69, 9.17) is 4.42 Å². The Labute approximate surface area is 152 Å². The van der Waals surface area contributed by atoms with Crippen LogP contribution in [0.25, 0.3) is 0 Å². The molecule has 0 spiro atoms. The highest BCUT2D eigenvalue weighted by Gasteiger charge is 2.35. The van der Waals surface area contributed by atoms with E-state index in [0.717, 1.165) is 17.2 Å². The normalized spacial score (nSPS) is 16.9. The molecule has 2 aromatic heterocycles. The lowest BCUT2D eigenvalue weighted by atomic mass is 10.1. The zero-order valence-corrected chi connectivity index (χ0v) is 14.6. The second-order valence-electron chi connectivity index (χ2n) is 5.83. The van der Waals surface area contributed by atoms with Gasteiger partial charge < -0.3 is 9.32 Å². The largest absolute Gasteiger partial charge is 0.407 e. The summed E-state index contributed by atoms with van der Waals surface area (Å²) >= 11 is 0.993. The van der Waals surface area contributed by atoms with Gasteiger partial charge >= 0.3 is 6.01 Å². The van der Waals surface area contributed by atoms with E-state index in [-0.39, 0.29) is 24.3 Å². The number of carbonyl (C=O) groups is 2. The van der Waals surface area contributed by atoms with Gasteiger partial charge in [0.2, 0.25) is 11.8 Å². The van der Waals surface area contributed by atoms with Gasteiger partial charge in [-0.3, -0.25) is 14.9 Å². The maximum atomic E-state index is 12.3. The van der Waals surface area contributed by atoms with Gasteiger partial charge in [-0.2, -0.15) is 0 Å². The van der Waals surface area contributed by atoms with Gasteiger partial charge in [0.25, 0.3) is 5.91 Å². The van der Waals surface area contributed by atoms with Crippen molar-refractivity contribution in [3.8, 4) is 0 Å². The fourth-order valence-corrected chi connectivity index (χ4v) is 3.33. The van der Waals surface area contributed by atoms with E-state index in [1.807, 2.05) is 30.3 Å². The Morgan fingerprint density at radius 1 is 1.27 bits per heavy atom. The molecule has 3 aromatic rings. The average molecular weight is 370 g/mol.